The van der Waals surface area contributed by atoms with Crippen molar-refractivity contribution in [3.63, 3.8) is 0 Å². The number of anilines is 2. The largest absolute Gasteiger partial charge is 0.490 e. The van der Waals surface area contributed by atoms with Crippen LogP contribution in [-0.4, -0.2) is 43.3 Å². The van der Waals surface area contributed by atoms with E-state index in [2.05, 4.69) is 10.2 Å². The van der Waals surface area contributed by atoms with E-state index < -0.39 is 11.4 Å². The van der Waals surface area contributed by atoms with Crippen molar-refractivity contribution in [3.05, 3.63) is 83.4 Å². The van der Waals surface area contributed by atoms with Crippen molar-refractivity contribution >= 4 is 23.3 Å². The number of fused-ring (bicyclic) bond motifs is 1. The summed E-state index contributed by atoms with van der Waals surface area (Å²) in [5.41, 5.74) is 2.52. The fourth-order valence-electron chi connectivity index (χ4n) is 4.16. The molecule has 0 radical (unpaired) electrons. The standard InChI is InChI=1S/C28H30N2O5/c1-18-9-12-20(15-23(18)28(2,3)27(32)33)29-26(31)19-10-13-21(14-11-19)34-17-22-16-30(4)24-7-5-6-8-25(24)35-22/h5-15,22H,16-17H2,1-4H3,(H,29,31)(H,32,33)/t22-/m0/s1. The van der Waals surface area contributed by atoms with Gasteiger partial charge in [-0.05, 0) is 80.4 Å². The molecule has 182 valence electrons. The molecule has 2 N–H and O–H groups in total. The zero-order valence-corrected chi connectivity index (χ0v) is 20.4. The third kappa shape index (κ3) is 5.24. The van der Waals surface area contributed by atoms with Crippen LogP contribution >= 0.6 is 0 Å². The number of hydrogen-bond acceptors (Lipinski definition) is 5. The van der Waals surface area contributed by atoms with Crippen molar-refractivity contribution in [2.45, 2.75) is 32.3 Å². The Labute approximate surface area is 205 Å². The second-order valence-electron chi connectivity index (χ2n) is 9.34. The van der Waals surface area contributed by atoms with Gasteiger partial charge in [0.15, 0.2) is 0 Å². The van der Waals surface area contributed by atoms with E-state index in [1.165, 1.54) is 0 Å². The van der Waals surface area contributed by atoms with E-state index in [1.807, 2.05) is 44.3 Å². The Morgan fingerprint density at radius 1 is 1.11 bits per heavy atom. The van der Waals surface area contributed by atoms with Crippen LogP contribution < -0.4 is 19.7 Å². The van der Waals surface area contributed by atoms with Gasteiger partial charge in [-0.2, -0.15) is 0 Å². The Morgan fingerprint density at radius 3 is 2.54 bits per heavy atom. The molecule has 35 heavy (non-hydrogen) atoms. The lowest BCUT2D eigenvalue weighted by molar-refractivity contribution is -0.142. The molecule has 0 aromatic heterocycles. The summed E-state index contributed by atoms with van der Waals surface area (Å²) in [5, 5.41) is 12.4. The Kier molecular flexibility index (Phi) is 6.69. The fraction of sp³-hybridized carbons (Fsp3) is 0.286. The fourth-order valence-corrected chi connectivity index (χ4v) is 4.16. The van der Waals surface area contributed by atoms with E-state index >= 15 is 0 Å². The number of nitrogens with one attached hydrogen (secondary N) is 1. The molecule has 0 unspecified atom stereocenters. The quantitative estimate of drug-likeness (QED) is 0.507. The van der Waals surface area contributed by atoms with E-state index in [0.717, 1.165) is 17.0 Å². The topological polar surface area (TPSA) is 88.1 Å². The maximum Gasteiger partial charge on any atom is 0.313 e. The van der Waals surface area contributed by atoms with Crippen LogP contribution in [0.3, 0.4) is 0 Å². The number of carboxylic acid groups (broad SMARTS) is 1. The molecule has 1 aliphatic heterocycles. The van der Waals surface area contributed by atoms with Crippen molar-refractivity contribution in [3.8, 4) is 11.5 Å². The first kappa shape index (κ1) is 24.1. The highest BCUT2D eigenvalue weighted by Gasteiger charge is 2.31. The van der Waals surface area contributed by atoms with Gasteiger partial charge in [-0.3, -0.25) is 9.59 Å². The Morgan fingerprint density at radius 2 is 1.83 bits per heavy atom. The lowest BCUT2D eigenvalue weighted by Gasteiger charge is -2.33. The van der Waals surface area contributed by atoms with Gasteiger partial charge >= 0.3 is 5.97 Å². The molecule has 4 rings (SSSR count). The summed E-state index contributed by atoms with van der Waals surface area (Å²) < 4.78 is 12.0. The Bertz CT molecular complexity index is 1240. The summed E-state index contributed by atoms with van der Waals surface area (Å²) in [6, 6.07) is 20.1. The molecule has 3 aromatic carbocycles. The summed E-state index contributed by atoms with van der Waals surface area (Å²) in [6.45, 7) is 6.26. The molecule has 0 spiro atoms. The van der Waals surface area contributed by atoms with Crippen molar-refractivity contribution in [1.29, 1.82) is 0 Å². The van der Waals surface area contributed by atoms with Crippen molar-refractivity contribution in [1.82, 2.24) is 0 Å². The number of nitrogens with zero attached hydrogens (tertiary/aromatic N) is 1. The monoisotopic (exact) mass is 474 g/mol. The molecule has 0 aliphatic carbocycles. The number of amides is 1. The molecular formula is C28H30N2O5. The number of hydrogen-bond donors (Lipinski definition) is 2. The van der Waals surface area contributed by atoms with E-state index in [9.17, 15) is 14.7 Å². The van der Waals surface area contributed by atoms with Crippen LogP contribution in [0.15, 0.2) is 66.7 Å². The molecule has 1 aliphatic rings. The minimum Gasteiger partial charge on any atom is -0.490 e. The first-order valence-corrected chi connectivity index (χ1v) is 11.5. The molecule has 0 bridgehead atoms. The molecule has 0 saturated heterocycles. The van der Waals surface area contributed by atoms with Crippen molar-refractivity contribution < 1.29 is 24.2 Å². The zero-order valence-electron chi connectivity index (χ0n) is 20.4. The van der Waals surface area contributed by atoms with Gasteiger partial charge in [0.1, 0.15) is 24.2 Å². The second kappa shape index (κ2) is 9.70. The van der Waals surface area contributed by atoms with Gasteiger partial charge in [-0.1, -0.05) is 18.2 Å². The first-order chi connectivity index (χ1) is 16.6. The molecule has 7 nitrogen and oxygen atoms in total. The van der Waals surface area contributed by atoms with Crippen LogP contribution in [0, 0.1) is 6.92 Å². The highest BCUT2D eigenvalue weighted by Crippen LogP contribution is 2.32. The number of likely N-dealkylation sites (N-methyl/N-ethyl adjacent to an activating group) is 1. The van der Waals surface area contributed by atoms with Crippen LogP contribution in [0.4, 0.5) is 11.4 Å². The Balaban J connectivity index is 1.37. The summed E-state index contributed by atoms with van der Waals surface area (Å²) in [4.78, 5) is 26.6. The first-order valence-electron chi connectivity index (χ1n) is 11.5. The third-order valence-corrected chi connectivity index (χ3v) is 6.30. The number of aryl methyl sites for hydroxylation is 1. The van der Waals surface area contributed by atoms with Gasteiger partial charge in [0.2, 0.25) is 0 Å². The van der Waals surface area contributed by atoms with E-state index in [4.69, 9.17) is 9.47 Å². The van der Waals surface area contributed by atoms with Gasteiger partial charge in [0.25, 0.3) is 5.91 Å². The minimum atomic E-state index is -1.07. The normalized spacial score (nSPS) is 15.1. The number of para-hydroxylation sites is 2. The number of rotatable bonds is 7. The summed E-state index contributed by atoms with van der Waals surface area (Å²) in [7, 11) is 2.03. The maximum absolute atomic E-state index is 12.8. The molecule has 1 heterocycles. The molecule has 0 fully saturated rings. The maximum atomic E-state index is 12.8. The number of carbonyl (C=O) groups is 2. The van der Waals surface area contributed by atoms with E-state index in [0.29, 0.717) is 35.7 Å². The summed E-state index contributed by atoms with van der Waals surface area (Å²) in [6.07, 6.45) is -0.108. The van der Waals surface area contributed by atoms with Crippen molar-refractivity contribution in [2.24, 2.45) is 0 Å². The van der Waals surface area contributed by atoms with Gasteiger partial charge in [0, 0.05) is 18.3 Å². The van der Waals surface area contributed by atoms with Crippen molar-refractivity contribution in [2.75, 3.05) is 30.4 Å². The van der Waals surface area contributed by atoms with Gasteiger partial charge in [-0.25, -0.2) is 0 Å². The SMILES string of the molecule is Cc1ccc(NC(=O)c2ccc(OC[C@@H]3CN(C)c4ccccc4O3)cc2)cc1C(C)(C)C(=O)O. The molecular weight excluding hydrogens is 444 g/mol. The molecule has 1 amide bonds. The number of benzene rings is 3. The number of carboxylic acids is 1. The van der Waals surface area contributed by atoms with Crippen LogP contribution in [0.5, 0.6) is 11.5 Å². The zero-order chi connectivity index (χ0) is 25.2. The second-order valence-corrected chi connectivity index (χ2v) is 9.34. The number of ether oxygens (including phenoxy) is 2. The van der Waals surface area contributed by atoms with Crippen LogP contribution in [0.1, 0.15) is 35.3 Å². The minimum absolute atomic E-state index is 0.108. The average Bonchev–Trinajstić information content (AvgIpc) is 2.84. The Hall–Kier alpha value is -4.00. The lowest BCUT2D eigenvalue weighted by atomic mass is 9.82. The smallest absolute Gasteiger partial charge is 0.313 e. The highest BCUT2D eigenvalue weighted by molar-refractivity contribution is 6.04. The van der Waals surface area contributed by atoms with Crippen LogP contribution in [0.25, 0.3) is 0 Å². The number of carbonyl (C=O) groups excluding carboxylic acids is 1. The predicted molar refractivity (Wildman–Crippen MR) is 136 cm³/mol. The predicted octanol–water partition coefficient (Wildman–Crippen LogP) is 4.89. The van der Waals surface area contributed by atoms with Crippen LogP contribution in [0.2, 0.25) is 0 Å². The third-order valence-electron chi connectivity index (χ3n) is 6.30. The van der Waals surface area contributed by atoms with E-state index in [1.54, 1.807) is 50.2 Å². The number of aliphatic carboxylic acids is 1. The summed E-state index contributed by atoms with van der Waals surface area (Å²) in [5.74, 6) is 0.280. The van der Waals surface area contributed by atoms with Gasteiger partial charge in [-0.15, -0.1) is 0 Å². The van der Waals surface area contributed by atoms with Crippen LogP contribution in [-0.2, 0) is 10.2 Å². The molecule has 0 saturated carbocycles. The molecule has 3 aromatic rings. The van der Waals surface area contributed by atoms with Gasteiger partial charge in [0.05, 0.1) is 17.6 Å². The molecule has 1 atom stereocenters. The molecule has 7 heteroatoms. The average molecular weight is 475 g/mol. The van der Waals surface area contributed by atoms with E-state index in [-0.39, 0.29) is 12.0 Å². The summed E-state index contributed by atoms with van der Waals surface area (Å²) >= 11 is 0. The van der Waals surface area contributed by atoms with Gasteiger partial charge < -0.3 is 24.8 Å². The highest BCUT2D eigenvalue weighted by atomic mass is 16.5. The lowest BCUT2D eigenvalue weighted by Crippen LogP contribution is -2.41.